The zero-order chi connectivity index (χ0) is 19.9. The Kier molecular flexibility index (Phi) is 6.96. The second kappa shape index (κ2) is 9.63. The highest BCUT2D eigenvalue weighted by Gasteiger charge is 2.17. The summed E-state index contributed by atoms with van der Waals surface area (Å²) in [4.78, 5) is 23.7. The topological polar surface area (TPSA) is 119 Å². The van der Waals surface area contributed by atoms with Crippen LogP contribution in [0, 0.1) is 0 Å². The molecule has 0 aliphatic carbocycles. The quantitative estimate of drug-likeness (QED) is 0.478. The highest BCUT2D eigenvalue weighted by Crippen LogP contribution is 2.26. The molecule has 1 saturated heterocycles. The van der Waals surface area contributed by atoms with Crippen molar-refractivity contribution in [2.75, 3.05) is 31.6 Å². The lowest BCUT2D eigenvalue weighted by molar-refractivity contribution is -0.114. The van der Waals surface area contributed by atoms with E-state index >= 15 is 0 Å². The number of carbonyl (C=O) groups excluding carboxylic acids is 1. The van der Waals surface area contributed by atoms with Gasteiger partial charge in [-0.15, -0.1) is 11.3 Å². The summed E-state index contributed by atoms with van der Waals surface area (Å²) in [7, 11) is 0. The number of hydrogen-bond acceptors (Lipinski definition) is 6. The van der Waals surface area contributed by atoms with E-state index in [0.717, 1.165) is 57.1 Å². The highest BCUT2D eigenvalue weighted by molar-refractivity contribution is 7.15. The number of anilines is 1. The third-order valence-electron chi connectivity index (χ3n) is 4.38. The van der Waals surface area contributed by atoms with Crippen LogP contribution in [-0.2, 0) is 28.9 Å². The van der Waals surface area contributed by atoms with Gasteiger partial charge in [0.05, 0.1) is 24.6 Å². The first-order valence-electron chi connectivity index (χ1n) is 9.24. The highest BCUT2D eigenvalue weighted by atomic mass is 32.1. The monoisotopic (exact) mass is 402 g/mol. The minimum absolute atomic E-state index is 0.0495. The molecule has 5 N–H and O–H groups in total. The molecule has 1 fully saturated rings. The summed E-state index contributed by atoms with van der Waals surface area (Å²) in [5.41, 5.74) is 13.8. The number of amides is 1. The molecule has 1 aromatic heterocycles. The van der Waals surface area contributed by atoms with E-state index in [-0.39, 0.29) is 11.9 Å². The fourth-order valence-electron chi connectivity index (χ4n) is 3.02. The summed E-state index contributed by atoms with van der Waals surface area (Å²) in [5.74, 6) is -0.0537. The number of carbonyl (C=O) groups is 1. The summed E-state index contributed by atoms with van der Waals surface area (Å²) in [5, 5.41) is 3.47. The van der Waals surface area contributed by atoms with Crippen LogP contribution in [0.15, 0.2) is 29.3 Å². The van der Waals surface area contributed by atoms with Gasteiger partial charge in [0.2, 0.25) is 5.91 Å². The second-order valence-corrected chi connectivity index (χ2v) is 7.75. The SMILES string of the molecule is CC(=O)Nc1nc(CCc2ccc(N=C(N)N)cc2)c(CN2CCOCC2)s1. The molecule has 1 aromatic carbocycles. The van der Waals surface area contributed by atoms with Crippen LogP contribution in [0.2, 0.25) is 0 Å². The first-order valence-corrected chi connectivity index (χ1v) is 10.1. The molecule has 0 unspecified atom stereocenters. The number of aromatic nitrogens is 1. The number of aliphatic imine (C=N–C) groups is 1. The molecule has 8 nitrogen and oxygen atoms in total. The first-order chi connectivity index (χ1) is 13.5. The smallest absolute Gasteiger partial charge is 0.223 e. The van der Waals surface area contributed by atoms with Gasteiger partial charge in [-0.2, -0.15) is 0 Å². The Bertz CT molecular complexity index is 823. The molecule has 0 radical (unpaired) electrons. The summed E-state index contributed by atoms with van der Waals surface area (Å²) < 4.78 is 5.43. The molecule has 0 spiro atoms. The summed E-state index contributed by atoms with van der Waals surface area (Å²) in [6, 6.07) is 7.83. The van der Waals surface area contributed by atoms with E-state index in [0.29, 0.717) is 5.13 Å². The van der Waals surface area contributed by atoms with Crippen LogP contribution in [0.25, 0.3) is 0 Å². The van der Waals surface area contributed by atoms with Gasteiger partial charge in [-0.25, -0.2) is 9.98 Å². The number of nitrogens with zero attached hydrogens (tertiary/aromatic N) is 3. The number of rotatable bonds is 7. The lowest BCUT2D eigenvalue weighted by Gasteiger charge is -2.26. The van der Waals surface area contributed by atoms with E-state index in [1.54, 1.807) is 11.3 Å². The van der Waals surface area contributed by atoms with Crippen LogP contribution in [0.4, 0.5) is 10.8 Å². The molecule has 0 atom stereocenters. The van der Waals surface area contributed by atoms with Crippen LogP contribution in [0.5, 0.6) is 0 Å². The maximum absolute atomic E-state index is 11.4. The Morgan fingerprint density at radius 1 is 1.25 bits per heavy atom. The fourth-order valence-corrected chi connectivity index (χ4v) is 4.11. The Morgan fingerprint density at radius 2 is 1.96 bits per heavy atom. The van der Waals surface area contributed by atoms with E-state index in [4.69, 9.17) is 16.2 Å². The van der Waals surface area contributed by atoms with E-state index in [1.807, 2.05) is 24.3 Å². The van der Waals surface area contributed by atoms with Crippen molar-refractivity contribution in [2.45, 2.75) is 26.3 Å². The molecule has 1 aliphatic heterocycles. The molecule has 28 heavy (non-hydrogen) atoms. The minimum Gasteiger partial charge on any atom is -0.379 e. The van der Waals surface area contributed by atoms with Crippen LogP contribution in [0.3, 0.4) is 0 Å². The number of guanidine groups is 1. The van der Waals surface area contributed by atoms with Crippen molar-refractivity contribution in [1.82, 2.24) is 9.88 Å². The predicted molar refractivity (Wildman–Crippen MR) is 112 cm³/mol. The van der Waals surface area contributed by atoms with Crippen LogP contribution in [0.1, 0.15) is 23.1 Å². The van der Waals surface area contributed by atoms with Crippen molar-refractivity contribution < 1.29 is 9.53 Å². The molecule has 1 amide bonds. The van der Waals surface area contributed by atoms with Crippen molar-refractivity contribution in [3.8, 4) is 0 Å². The van der Waals surface area contributed by atoms with Crippen LogP contribution < -0.4 is 16.8 Å². The molecular weight excluding hydrogens is 376 g/mol. The molecule has 3 rings (SSSR count). The van der Waals surface area contributed by atoms with Gasteiger partial charge in [0.1, 0.15) is 0 Å². The molecular formula is C19H26N6O2S. The number of nitrogens with one attached hydrogen (secondary N) is 1. The fraction of sp³-hybridized carbons (Fsp3) is 0.421. The Hall–Kier alpha value is -2.49. The van der Waals surface area contributed by atoms with E-state index in [2.05, 4.69) is 20.2 Å². The number of morpholine rings is 1. The third kappa shape index (κ3) is 6.01. The average molecular weight is 403 g/mol. The summed E-state index contributed by atoms with van der Waals surface area (Å²) in [6.07, 6.45) is 1.65. The molecule has 0 bridgehead atoms. The molecule has 2 heterocycles. The summed E-state index contributed by atoms with van der Waals surface area (Å²) >= 11 is 1.55. The van der Waals surface area contributed by atoms with Crippen LogP contribution >= 0.6 is 11.3 Å². The average Bonchev–Trinajstić information content (AvgIpc) is 3.02. The number of thiazole rings is 1. The van der Waals surface area contributed by atoms with Gasteiger partial charge >= 0.3 is 0 Å². The third-order valence-corrected chi connectivity index (χ3v) is 5.37. The molecule has 1 aliphatic rings. The predicted octanol–water partition coefficient (Wildman–Crippen LogP) is 1.62. The van der Waals surface area contributed by atoms with Gasteiger partial charge in [0, 0.05) is 31.4 Å². The van der Waals surface area contributed by atoms with Crippen molar-refractivity contribution in [1.29, 1.82) is 0 Å². The van der Waals surface area contributed by atoms with Gasteiger partial charge in [-0.3, -0.25) is 9.69 Å². The molecule has 150 valence electrons. The second-order valence-electron chi connectivity index (χ2n) is 6.66. The Morgan fingerprint density at radius 3 is 2.61 bits per heavy atom. The van der Waals surface area contributed by atoms with Gasteiger partial charge in [-0.1, -0.05) is 12.1 Å². The molecule has 9 heteroatoms. The minimum atomic E-state index is -0.103. The summed E-state index contributed by atoms with van der Waals surface area (Å²) in [6.45, 7) is 5.68. The molecule has 0 saturated carbocycles. The number of nitrogens with two attached hydrogens (primary N) is 2. The maximum atomic E-state index is 11.4. The number of ether oxygens (including phenoxy) is 1. The van der Waals surface area contributed by atoms with Crippen molar-refractivity contribution in [3.05, 3.63) is 40.4 Å². The van der Waals surface area contributed by atoms with Gasteiger partial charge in [0.15, 0.2) is 11.1 Å². The van der Waals surface area contributed by atoms with Crippen molar-refractivity contribution >= 4 is 34.0 Å². The zero-order valence-corrected chi connectivity index (χ0v) is 16.8. The normalized spacial score (nSPS) is 14.6. The largest absolute Gasteiger partial charge is 0.379 e. The Labute approximate surface area is 168 Å². The van der Waals surface area contributed by atoms with Crippen LogP contribution in [-0.4, -0.2) is 48.1 Å². The van der Waals surface area contributed by atoms with Crippen molar-refractivity contribution in [2.24, 2.45) is 16.5 Å². The van der Waals surface area contributed by atoms with E-state index in [9.17, 15) is 4.79 Å². The molecule has 2 aromatic rings. The lowest BCUT2D eigenvalue weighted by Crippen LogP contribution is -2.35. The van der Waals surface area contributed by atoms with Gasteiger partial charge in [0.25, 0.3) is 0 Å². The van der Waals surface area contributed by atoms with Crippen molar-refractivity contribution in [3.63, 3.8) is 0 Å². The number of aryl methyl sites for hydroxylation is 2. The zero-order valence-electron chi connectivity index (χ0n) is 16.0. The Balaban J connectivity index is 1.69. The van der Waals surface area contributed by atoms with Gasteiger partial charge in [-0.05, 0) is 30.5 Å². The number of hydrogen-bond donors (Lipinski definition) is 3. The first kappa shape index (κ1) is 20.2. The maximum Gasteiger partial charge on any atom is 0.223 e. The van der Waals surface area contributed by atoms with E-state index < -0.39 is 0 Å². The standard InChI is InChI=1S/C19H26N6O2S/c1-13(26)22-19-24-16(17(28-19)12-25-8-10-27-11-9-25)7-4-14-2-5-15(6-3-14)23-18(20)21/h2-3,5-6H,4,7-12H2,1H3,(H4,20,21,23)(H,22,24,26). The van der Waals surface area contributed by atoms with E-state index in [1.165, 1.54) is 17.4 Å². The van der Waals surface area contributed by atoms with Gasteiger partial charge < -0.3 is 21.5 Å². The number of benzene rings is 1. The lowest BCUT2D eigenvalue weighted by atomic mass is 10.1.